The molecule has 0 radical (unpaired) electrons. The summed E-state index contributed by atoms with van der Waals surface area (Å²) in [7, 11) is -3.77. The van der Waals surface area contributed by atoms with Crippen molar-refractivity contribution in [2.24, 2.45) is 0 Å². The topological polar surface area (TPSA) is 109 Å². The number of amides is 2. The Hall–Kier alpha value is -2.65. The van der Waals surface area contributed by atoms with E-state index in [1.807, 2.05) is 0 Å². The number of anilines is 2. The van der Waals surface area contributed by atoms with Crippen molar-refractivity contribution >= 4 is 50.6 Å². The fourth-order valence-electron chi connectivity index (χ4n) is 2.87. The second kappa shape index (κ2) is 8.38. The second-order valence-electron chi connectivity index (χ2n) is 6.74. The molecule has 1 aliphatic heterocycles. The van der Waals surface area contributed by atoms with E-state index in [2.05, 4.69) is 10.6 Å². The van der Waals surface area contributed by atoms with Crippen LogP contribution >= 0.6 is 11.8 Å². The molecule has 1 heterocycles. The molecular weight excluding hydrogens is 412 g/mol. The van der Waals surface area contributed by atoms with Gasteiger partial charge < -0.3 is 10.6 Å². The highest BCUT2D eigenvalue weighted by Gasteiger charge is 2.27. The van der Waals surface area contributed by atoms with E-state index in [1.165, 1.54) is 37.7 Å². The van der Waals surface area contributed by atoms with Crippen molar-refractivity contribution in [3.8, 4) is 0 Å². The molecule has 29 heavy (non-hydrogen) atoms. The summed E-state index contributed by atoms with van der Waals surface area (Å²) in [5.41, 5.74) is 1.35. The van der Waals surface area contributed by atoms with Crippen LogP contribution < -0.4 is 10.6 Å². The number of carbonyl (C=O) groups excluding carboxylic acids is 3. The molecule has 0 spiro atoms. The first kappa shape index (κ1) is 21.1. The van der Waals surface area contributed by atoms with Crippen LogP contribution in [0.1, 0.15) is 30.6 Å². The molecule has 7 nitrogen and oxygen atoms in total. The number of sulfone groups is 1. The van der Waals surface area contributed by atoms with Crippen LogP contribution in [0.25, 0.3) is 0 Å². The average Bonchev–Trinajstić information content (AvgIpc) is 2.67. The third-order valence-electron chi connectivity index (χ3n) is 4.47. The van der Waals surface area contributed by atoms with Gasteiger partial charge in [0.15, 0.2) is 15.6 Å². The predicted octanol–water partition coefficient (Wildman–Crippen LogP) is 3.12. The molecule has 0 bridgehead atoms. The molecule has 9 heteroatoms. The third kappa shape index (κ3) is 4.86. The zero-order chi connectivity index (χ0) is 21.2. The first-order valence-electron chi connectivity index (χ1n) is 8.88. The third-order valence-corrected chi connectivity index (χ3v) is 7.68. The molecule has 0 fully saturated rings. The zero-order valence-electron chi connectivity index (χ0n) is 15.9. The molecule has 1 atom stereocenters. The predicted molar refractivity (Wildman–Crippen MR) is 112 cm³/mol. The molecule has 1 aliphatic rings. The summed E-state index contributed by atoms with van der Waals surface area (Å²) in [6.45, 7) is 2.89. The first-order chi connectivity index (χ1) is 13.7. The van der Waals surface area contributed by atoms with E-state index in [-0.39, 0.29) is 23.0 Å². The van der Waals surface area contributed by atoms with Crippen molar-refractivity contribution in [1.82, 2.24) is 0 Å². The van der Waals surface area contributed by atoms with Gasteiger partial charge in [-0.05, 0) is 44.2 Å². The lowest BCUT2D eigenvalue weighted by Crippen LogP contribution is -2.25. The molecule has 0 aliphatic carbocycles. The monoisotopic (exact) mass is 432 g/mol. The number of Topliss-reactive ketones (excluding diaryl/α,β-unsaturated/α-hetero) is 1. The van der Waals surface area contributed by atoms with E-state index in [9.17, 15) is 22.8 Å². The fourth-order valence-corrected chi connectivity index (χ4v) is 5.03. The molecule has 0 aromatic heterocycles. The van der Waals surface area contributed by atoms with E-state index in [0.29, 0.717) is 22.7 Å². The Balaban J connectivity index is 1.72. The Morgan fingerprint density at radius 1 is 1.21 bits per heavy atom. The van der Waals surface area contributed by atoms with Gasteiger partial charge in [0, 0.05) is 22.6 Å². The largest absolute Gasteiger partial charge is 0.326 e. The average molecular weight is 433 g/mol. The highest BCUT2D eigenvalue weighted by Crippen LogP contribution is 2.34. The Morgan fingerprint density at radius 2 is 1.97 bits per heavy atom. The lowest BCUT2D eigenvalue weighted by Gasteiger charge is -2.18. The number of ketones is 1. The minimum Gasteiger partial charge on any atom is -0.326 e. The number of fused-ring (bicyclic) bond motifs is 1. The Bertz CT molecular complexity index is 1100. The Kier molecular flexibility index (Phi) is 6.09. The van der Waals surface area contributed by atoms with E-state index in [0.717, 1.165) is 4.90 Å². The molecule has 2 aromatic rings. The minimum absolute atomic E-state index is 0.0536. The van der Waals surface area contributed by atoms with Crippen LogP contribution in [0.3, 0.4) is 0 Å². The van der Waals surface area contributed by atoms with Crippen LogP contribution in [0.15, 0.2) is 52.3 Å². The van der Waals surface area contributed by atoms with Crippen LogP contribution in [0.5, 0.6) is 0 Å². The Morgan fingerprint density at radius 3 is 2.69 bits per heavy atom. The number of hydrogen-bond donors (Lipinski definition) is 2. The highest BCUT2D eigenvalue weighted by molar-refractivity contribution is 8.00. The van der Waals surface area contributed by atoms with Crippen LogP contribution in [-0.4, -0.2) is 37.0 Å². The van der Waals surface area contributed by atoms with Gasteiger partial charge in [0.25, 0.3) is 0 Å². The number of hydrogen-bond acceptors (Lipinski definition) is 6. The van der Waals surface area contributed by atoms with Crippen LogP contribution in [0.2, 0.25) is 0 Å². The summed E-state index contributed by atoms with van der Waals surface area (Å²) in [6, 6.07) is 11.0. The maximum absolute atomic E-state index is 12.9. The van der Waals surface area contributed by atoms with Gasteiger partial charge in [-0.25, -0.2) is 8.42 Å². The van der Waals surface area contributed by atoms with E-state index >= 15 is 0 Å². The van der Waals surface area contributed by atoms with E-state index in [1.54, 1.807) is 30.3 Å². The highest BCUT2D eigenvalue weighted by atomic mass is 32.2. The van der Waals surface area contributed by atoms with Gasteiger partial charge in [-0.3, -0.25) is 14.4 Å². The number of nitrogens with one attached hydrogen (secondary N) is 2. The van der Waals surface area contributed by atoms with Crippen LogP contribution in [-0.2, 0) is 19.4 Å². The lowest BCUT2D eigenvalue weighted by molar-refractivity contribution is -0.116. The SMILES string of the molecule is CC(=O)c1cccc(NC(=O)C[C@@H](C)S(=O)(=O)c2ccc3c(c2)NC(=O)CS3)c1. The molecule has 152 valence electrons. The quantitative estimate of drug-likeness (QED) is 0.679. The summed E-state index contributed by atoms with van der Waals surface area (Å²) in [4.78, 5) is 36.2. The summed E-state index contributed by atoms with van der Waals surface area (Å²) in [5, 5.41) is 4.33. The van der Waals surface area contributed by atoms with Gasteiger partial charge in [-0.2, -0.15) is 0 Å². The second-order valence-corrected chi connectivity index (χ2v) is 10.1. The first-order valence-corrected chi connectivity index (χ1v) is 11.4. The fraction of sp³-hybridized carbons (Fsp3) is 0.250. The maximum atomic E-state index is 12.9. The maximum Gasteiger partial charge on any atom is 0.234 e. The number of carbonyl (C=O) groups is 3. The number of thioether (sulfide) groups is 1. The van der Waals surface area contributed by atoms with E-state index in [4.69, 9.17) is 0 Å². The van der Waals surface area contributed by atoms with Gasteiger partial charge in [-0.1, -0.05) is 12.1 Å². The van der Waals surface area contributed by atoms with Crippen molar-refractivity contribution in [3.05, 3.63) is 48.0 Å². The molecule has 2 N–H and O–H groups in total. The summed E-state index contributed by atoms with van der Waals surface area (Å²) in [6.07, 6.45) is -0.245. The molecule has 2 amide bonds. The van der Waals surface area contributed by atoms with Crippen molar-refractivity contribution < 1.29 is 22.8 Å². The lowest BCUT2D eigenvalue weighted by atomic mass is 10.1. The summed E-state index contributed by atoms with van der Waals surface area (Å²) in [5.74, 6) is -0.490. The molecule has 3 rings (SSSR count). The zero-order valence-corrected chi connectivity index (χ0v) is 17.5. The molecular formula is C20H20N2O5S2. The minimum atomic E-state index is -3.77. The Labute approximate surface area is 173 Å². The smallest absolute Gasteiger partial charge is 0.234 e. The number of benzene rings is 2. The van der Waals surface area contributed by atoms with Gasteiger partial charge in [0.05, 0.1) is 21.6 Å². The molecule has 0 unspecified atom stereocenters. The molecule has 2 aromatic carbocycles. The van der Waals surface area contributed by atoms with Crippen LogP contribution in [0, 0.1) is 0 Å². The van der Waals surface area contributed by atoms with E-state index < -0.39 is 21.0 Å². The van der Waals surface area contributed by atoms with Crippen molar-refractivity contribution in [2.45, 2.75) is 35.3 Å². The van der Waals surface area contributed by atoms with Crippen molar-refractivity contribution in [1.29, 1.82) is 0 Å². The van der Waals surface area contributed by atoms with Crippen LogP contribution in [0.4, 0.5) is 11.4 Å². The normalized spacial score (nSPS) is 14.5. The van der Waals surface area contributed by atoms with Gasteiger partial charge >= 0.3 is 0 Å². The van der Waals surface area contributed by atoms with Crippen molar-refractivity contribution in [2.75, 3.05) is 16.4 Å². The summed E-state index contributed by atoms with van der Waals surface area (Å²) < 4.78 is 25.8. The standard InChI is InChI=1S/C20H20N2O5S2/c1-12(8-19(24)21-15-5-3-4-14(9-15)13(2)23)29(26,27)16-6-7-18-17(10-16)22-20(25)11-28-18/h3-7,9-10,12H,8,11H2,1-2H3,(H,21,24)(H,22,25)/t12-/m1/s1. The molecule has 0 saturated carbocycles. The van der Waals surface area contributed by atoms with Crippen molar-refractivity contribution in [3.63, 3.8) is 0 Å². The number of rotatable bonds is 6. The van der Waals surface area contributed by atoms with Gasteiger partial charge in [0.2, 0.25) is 11.8 Å². The summed E-state index contributed by atoms with van der Waals surface area (Å²) >= 11 is 1.34. The van der Waals surface area contributed by atoms with Gasteiger partial charge in [-0.15, -0.1) is 11.8 Å². The molecule has 0 saturated heterocycles. The van der Waals surface area contributed by atoms with Gasteiger partial charge in [0.1, 0.15) is 0 Å².